The Kier molecular flexibility index (Phi) is 6.14. The Morgan fingerprint density at radius 2 is 1.52 bits per heavy atom. The van der Waals surface area contributed by atoms with Gasteiger partial charge in [0.25, 0.3) is 15.9 Å². The number of rotatable bonds is 4. The number of halogens is 1. The van der Waals surface area contributed by atoms with Crippen molar-refractivity contribution in [3.8, 4) is 0 Å². The Bertz CT molecular complexity index is 1010. The number of hydrogen-bond acceptors (Lipinski definition) is 5. The average molecular weight is 436 g/mol. The number of carbonyl (C=O) groups is 2. The first-order valence-corrected chi connectivity index (χ1v) is 10.7. The van der Waals surface area contributed by atoms with Crippen molar-refractivity contribution in [1.29, 1.82) is 0 Å². The SMILES string of the molecule is Cl.O=C(CCN1C(=O)c2ccccc2S1(=O)=O)N1CCN(c2ccccc2)CC1. The molecule has 2 amide bonds. The van der Waals surface area contributed by atoms with Crippen molar-refractivity contribution in [2.24, 2.45) is 0 Å². The zero-order valence-corrected chi connectivity index (χ0v) is 17.4. The van der Waals surface area contributed by atoms with Crippen LogP contribution in [0.15, 0.2) is 59.5 Å². The first-order valence-electron chi connectivity index (χ1n) is 9.22. The number of anilines is 1. The fourth-order valence-corrected chi connectivity index (χ4v) is 5.23. The van der Waals surface area contributed by atoms with Crippen LogP contribution in [0.2, 0.25) is 0 Å². The number of fused-ring (bicyclic) bond motifs is 1. The highest BCUT2D eigenvalue weighted by Crippen LogP contribution is 2.30. The lowest BCUT2D eigenvalue weighted by Gasteiger charge is -2.36. The molecule has 2 aromatic rings. The third-order valence-corrected chi connectivity index (χ3v) is 7.03. The molecule has 0 spiro atoms. The number of hydrogen-bond donors (Lipinski definition) is 0. The first kappa shape index (κ1) is 21.1. The molecule has 0 aliphatic carbocycles. The standard InChI is InChI=1S/C20H21N3O4S.ClH/c24-19(22-14-12-21(13-15-22)16-6-2-1-3-7-16)10-11-23-20(25)17-8-4-5-9-18(17)28(23,26)27;/h1-9H,10-15H2;1H. The van der Waals surface area contributed by atoms with E-state index in [-0.39, 0.29) is 41.7 Å². The van der Waals surface area contributed by atoms with Crippen molar-refractivity contribution in [3.05, 3.63) is 60.2 Å². The van der Waals surface area contributed by atoms with Gasteiger partial charge in [-0.1, -0.05) is 30.3 Å². The number of amides is 2. The molecule has 4 rings (SSSR count). The molecular formula is C20H22ClN3O4S. The van der Waals surface area contributed by atoms with Crippen molar-refractivity contribution < 1.29 is 18.0 Å². The fourth-order valence-electron chi connectivity index (χ4n) is 3.66. The molecule has 7 nitrogen and oxygen atoms in total. The molecule has 1 saturated heterocycles. The van der Waals surface area contributed by atoms with Gasteiger partial charge in [-0.05, 0) is 24.3 Å². The van der Waals surface area contributed by atoms with Crippen LogP contribution in [0.4, 0.5) is 5.69 Å². The highest BCUT2D eigenvalue weighted by molar-refractivity contribution is 7.90. The molecule has 0 aromatic heterocycles. The largest absolute Gasteiger partial charge is 0.368 e. The van der Waals surface area contributed by atoms with Gasteiger partial charge < -0.3 is 9.80 Å². The molecule has 9 heteroatoms. The minimum Gasteiger partial charge on any atom is -0.368 e. The summed E-state index contributed by atoms with van der Waals surface area (Å²) in [6, 6.07) is 16.2. The summed E-state index contributed by atoms with van der Waals surface area (Å²) in [6.07, 6.45) is -0.00963. The molecule has 0 radical (unpaired) electrons. The number of para-hydroxylation sites is 1. The summed E-state index contributed by atoms with van der Waals surface area (Å²) < 4.78 is 25.9. The summed E-state index contributed by atoms with van der Waals surface area (Å²) in [6.45, 7) is 2.47. The van der Waals surface area contributed by atoms with Crippen molar-refractivity contribution in [2.45, 2.75) is 11.3 Å². The van der Waals surface area contributed by atoms with Gasteiger partial charge in [0.05, 0.1) is 5.56 Å². The smallest absolute Gasteiger partial charge is 0.269 e. The maximum absolute atomic E-state index is 12.6. The van der Waals surface area contributed by atoms with Crippen LogP contribution in [0.1, 0.15) is 16.8 Å². The van der Waals surface area contributed by atoms with Gasteiger partial charge in [0, 0.05) is 44.8 Å². The molecule has 2 aliphatic rings. The van der Waals surface area contributed by atoms with E-state index in [9.17, 15) is 18.0 Å². The van der Waals surface area contributed by atoms with Gasteiger partial charge in [-0.25, -0.2) is 12.7 Å². The monoisotopic (exact) mass is 435 g/mol. The van der Waals surface area contributed by atoms with Crippen LogP contribution in [0, 0.1) is 0 Å². The minimum absolute atomic E-state index is 0. The summed E-state index contributed by atoms with van der Waals surface area (Å²) in [5, 5.41) is 0. The Hall–Kier alpha value is -2.58. The molecule has 29 heavy (non-hydrogen) atoms. The zero-order valence-electron chi connectivity index (χ0n) is 15.7. The second-order valence-corrected chi connectivity index (χ2v) is 8.66. The second kappa shape index (κ2) is 8.42. The number of sulfonamides is 1. The van der Waals surface area contributed by atoms with E-state index in [1.165, 1.54) is 12.1 Å². The quantitative estimate of drug-likeness (QED) is 0.734. The second-order valence-electron chi connectivity index (χ2n) is 6.83. The van der Waals surface area contributed by atoms with Gasteiger partial charge in [-0.15, -0.1) is 12.4 Å². The fraction of sp³-hybridized carbons (Fsp3) is 0.300. The predicted molar refractivity (Wildman–Crippen MR) is 112 cm³/mol. The summed E-state index contributed by atoms with van der Waals surface area (Å²) in [5.74, 6) is -0.691. The third kappa shape index (κ3) is 3.95. The van der Waals surface area contributed by atoms with Crippen LogP contribution in [-0.2, 0) is 14.8 Å². The van der Waals surface area contributed by atoms with E-state index in [4.69, 9.17) is 0 Å². The molecule has 0 saturated carbocycles. The Labute approximate surface area is 176 Å². The molecule has 1 fully saturated rings. The molecule has 0 bridgehead atoms. The van der Waals surface area contributed by atoms with E-state index in [1.807, 2.05) is 30.3 Å². The maximum Gasteiger partial charge on any atom is 0.269 e. The van der Waals surface area contributed by atoms with Crippen LogP contribution in [0.3, 0.4) is 0 Å². The van der Waals surface area contributed by atoms with Crippen LogP contribution in [0.25, 0.3) is 0 Å². The third-order valence-electron chi connectivity index (χ3n) is 5.19. The van der Waals surface area contributed by atoms with E-state index >= 15 is 0 Å². The van der Waals surface area contributed by atoms with Crippen molar-refractivity contribution >= 4 is 39.9 Å². The average Bonchev–Trinajstić information content (AvgIpc) is 2.93. The summed E-state index contributed by atoms with van der Waals surface area (Å²) in [5.41, 5.74) is 1.30. The maximum atomic E-state index is 12.6. The van der Waals surface area contributed by atoms with Gasteiger partial charge in [0.15, 0.2) is 0 Å². The van der Waals surface area contributed by atoms with Crippen LogP contribution in [0.5, 0.6) is 0 Å². The Balaban J connectivity index is 0.00000240. The van der Waals surface area contributed by atoms with E-state index < -0.39 is 15.9 Å². The van der Waals surface area contributed by atoms with E-state index in [0.29, 0.717) is 13.1 Å². The van der Waals surface area contributed by atoms with Crippen LogP contribution >= 0.6 is 12.4 Å². The molecule has 0 unspecified atom stereocenters. The van der Waals surface area contributed by atoms with E-state index in [0.717, 1.165) is 23.1 Å². The van der Waals surface area contributed by atoms with Crippen LogP contribution in [-0.4, -0.2) is 62.2 Å². The summed E-state index contributed by atoms with van der Waals surface area (Å²) >= 11 is 0. The van der Waals surface area contributed by atoms with Crippen LogP contribution < -0.4 is 4.90 Å². The number of benzene rings is 2. The van der Waals surface area contributed by atoms with Gasteiger partial charge in [-0.3, -0.25) is 9.59 Å². The predicted octanol–water partition coefficient (Wildman–Crippen LogP) is 1.99. The van der Waals surface area contributed by atoms with E-state index in [1.54, 1.807) is 17.0 Å². The molecule has 0 N–H and O–H groups in total. The lowest BCUT2D eigenvalue weighted by Crippen LogP contribution is -2.49. The molecular weight excluding hydrogens is 414 g/mol. The highest BCUT2D eigenvalue weighted by Gasteiger charge is 2.40. The van der Waals surface area contributed by atoms with Gasteiger partial charge in [0.2, 0.25) is 5.91 Å². The molecule has 2 aliphatic heterocycles. The van der Waals surface area contributed by atoms with Gasteiger partial charge in [0.1, 0.15) is 4.90 Å². The topological polar surface area (TPSA) is 78.0 Å². The Morgan fingerprint density at radius 3 is 2.17 bits per heavy atom. The van der Waals surface area contributed by atoms with Gasteiger partial charge >= 0.3 is 0 Å². The number of nitrogens with zero attached hydrogens (tertiary/aromatic N) is 3. The number of piperazine rings is 1. The molecule has 2 heterocycles. The Morgan fingerprint density at radius 1 is 0.897 bits per heavy atom. The summed E-state index contributed by atoms with van der Waals surface area (Å²) in [7, 11) is -3.86. The lowest BCUT2D eigenvalue weighted by atomic mass is 10.2. The molecule has 0 atom stereocenters. The lowest BCUT2D eigenvalue weighted by molar-refractivity contribution is -0.131. The van der Waals surface area contributed by atoms with E-state index in [2.05, 4.69) is 4.90 Å². The summed E-state index contributed by atoms with van der Waals surface area (Å²) in [4.78, 5) is 28.9. The highest BCUT2D eigenvalue weighted by atomic mass is 35.5. The normalized spacial score (nSPS) is 17.7. The van der Waals surface area contributed by atoms with Crippen molar-refractivity contribution in [2.75, 3.05) is 37.6 Å². The zero-order chi connectivity index (χ0) is 19.7. The van der Waals surface area contributed by atoms with Crippen molar-refractivity contribution in [1.82, 2.24) is 9.21 Å². The van der Waals surface area contributed by atoms with Crippen molar-refractivity contribution in [3.63, 3.8) is 0 Å². The van der Waals surface area contributed by atoms with Gasteiger partial charge in [-0.2, -0.15) is 0 Å². The molecule has 154 valence electrons. The first-order chi connectivity index (χ1) is 13.5. The molecule has 2 aromatic carbocycles. The number of carbonyl (C=O) groups excluding carboxylic acids is 2. The minimum atomic E-state index is -3.86.